The number of nitrogens with zero attached hydrogens (tertiary/aromatic N) is 4. The van der Waals surface area contributed by atoms with E-state index in [9.17, 15) is 24.5 Å². The quantitative estimate of drug-likeness (QED) is 0.286. The van der Waals surface area contributed by atoms with Gasteiger partial charge in [-0.15, -0.1) is 10.2 Å². The lowest BCUT2D eigenvalue weighted by Crippen LogP contribution is -2.38. The molecule has 2 fully saturated rings. The van der Waals surface area contributed by atoms with Gasteiger partial charge in [-0.3, -0.25) is 29.4 Å². The van der Waals surface area contributed by atoms with Crippen LogP contribution in [0.1, 0.15) is 36.4 Å². The fourth-order valence-corrected chi connectivity index (χ4v) is 5.93. The van der Waals surface area contributed by atoms with Gasteiger partial charge in [-0.2, -0.15) is 0 Å². The average molecular weight is 468 g/mol. The van der Waals surface area contributed by atoms with Crippen molar-refractivity contribution in [2.45, 2.75) is 32.2 Å². The zero-order chi connectivity index (χ0) is 23.3. The number of nitro groups is 1. The molecule has 1 N–H and O–H groups in total. The number of carbonyl (C=O) groups is 3. The molecule has 1 aliphatic heterocycles. The Labute approximate surface area is 192 Å². The van der Waals surface area contributed by atoms with E-state index in [-0.39, 0.29) is 35.8 Å². The lowest BCUT2D eigenvalue weighted by atomic mass is 9.85. The van der Waals surface area contributed by atoms with E-state index in [4.69, 9.17) is 0 Å². The van der Waals surface area contributed by atoms with Gasteiger partial charge in [-0.05, 0) is 30.2 Å². The maximum Gasteiger partial charge on any atom is 0.269 e. The summed E-state index contributed by atoms with van der Waals surface area (Å²) in [6, 6.07) is 4.80. The molecule has 10 nitrogen and oxygen atoms in total. The van der Waals surface area contributed by atoms with Crippen LogP contribution in [-0.2, 0) is 20.8 Å². The zero-order valence-electron chi connectivity index (χ0n) is 17.7. The summed E-state index contributed by atoms with van der Waals surface area (Å²) in [5, 5.41) is 23.0. The summed E-state index contributed by atoms with van der Waals surface area (Å²) in [7, 11) is 0. The first-order chi connectivity index (χ1) is 15.9. The van der Waals surface area contributed by atoms with Gasteiger partial charge in [0.05, 0.1) is 29.2 Å². The first-order valence-corrected chi connectivity index (χ1v) is 11.6. The Balaban J connectivity index is 1.46. The molecule has 0 radical (unpaired) electrons. The van der Waals surface area contributed by atoms with Crippen molar-refractivity contribution in [1.82, 2.24) is 15.1 Å². The van der Waals surface area contributed by atoms with Crippen LogP contribution in [-0.4, -0.2) is 37.7 Å². The number of aryl methyl sites for hydroxylation is 1. The fraction of sp³-hybridized carbons (Fsp3) is 0.409. The number of likely N-dealkylation sites (tertiary alicyclic amines) is 1. The molecule has 2 bridgehead atoms. The highest BCUT2D eigenvalue weighted by molar-refractivity contribution is 7.15. The van der Waals surface area contributed by atoms with Crippen LogP contribution in [0.5, 0.6) is 0 Å². The molecule has 11 heteroatoms. The topological polar surface area (TPSA) is 135 Å². The minimum atomic E-state index is -0.950. The lowest BCUT2D eigenvalue weighted by molar-refractivity contribution is -0.385. The van der Waals surface area contributed by atoms with Crippen LogP contribution >= 0.6 is 11.3 Å². The van der Waals surface area contributed by atoms with Crippen LogP contribution in [0.4, 0.5) is 10.8 Å². The summed E-state index contributed by atoms with van der Waals surface area (Å²) in [4.78, 5) is 51.6. The van der Waals surface area contributed by atoms with Gasteiger partial charge in [0.2, 0.25) is 22.9 Å². The van der Waals surface area contributed by atoms with Gasteiger partial charge in [-0.1, -0.05) is 42.5 Å². The monoisotopic (exact) mass is 467 g/mol. The van der Waals surface area contributed by atoms with Gasteiger partial charge in [-0.25, -0.2) is 0 Å². The number of carbonyl (C=O) groups excluding carboxylic acids is 3. The molecule has 2 aliphatic carbocycles. The molecule has 1 aromatic heterocycles. The number of amides is 3. The fourth-order valence-electron chi connectivity index (χ4n) is 5.23. The molecular weight excluding hydrogens is 446 g/mol. The summed E-state index contributed by atoms with van der Waals surface area (Å²) in [6.07, 6.45) is 5.23. The van der Waals surface area contributed by atoms with E-state index in [1.165, 1.54) is 29.5 Å². The van der Waals surface area contributed by atoms with Crippen molar-refractivity contribution in [3.63, 3.8) is 0 Å². The number of allylic oxidation sites excluding steroid dienone is 2. The molecule has 3 aliphatic rings. The molecule has 1 saturated carbocycles. The summed E-state index contributed by atoms with van der Waals surface area (Å²) in [5.41, 5.74) is 0.198. The van der Waals surface area contributed by atoms with E-state index in [0.29, 0.717) is 17.1 Å². The predicted molar refractivity (Wildman–Crippen MR) is 118 cm³/mol. The number of nitrogens with one attached hydrogen (secondary N) is 1. The van der Waals surface area contributed by atoms with Crippen molar-refractivity contribution in [3.8, 4) is 0 Å². The van der Waals surface area contributed by atoms with Gasteiger partial charge in [0.25, 0.3) is 5.69 Å². The van der Waals surface area contributed by atoms with E-state index in [0.717, 1.165) is 16.3 Å². The summed E-state index contributed by atoms with van der Waals surface area (Å²) in [5.74, 6) is -1.88. The van der Waals surface area contributed by atoms with Crippen molar-refractivity contribution >= 4 is 39.9 Å². The summed E-state index contributed by atoms with van der Waals surface area (Å²) < 4.78 is 0. The molecule has 5 rings (SSSR count). The van der Waals surface area contributed by atoms with Crippen molar-refractivity contribution < 1.29 is 19.3 Å². The van der Waals surface area contributed by atoms with Crippen LogP contribution < -0.4 is 5.32 Å². The van der Waals surface area contributed by atoms with Crippen LogP contribution in [0.25, 0.3) is 0 Å². The number of hydrogen-bond donors (Lipinski definition) is 1. The largest absolute Gasteiger partial charge is 0.300 e. The van der Waals surface area contributed by atoms with Gasteiger partial charge in [0.15, 0.2) is 0 Å². The Morgan fingerprint density at radius 3 is 2.55 bits per heavy atom. The first kappa shape index (κ1) is 21.4. The molecule has 2 heterocycles. The number of rotatable bonds is 7. The second-order valence-corrected chi connectivity index (χ2v) is 9.58. The van der Waals surface area contributed by atoms with Crippen LogP contribution in [0.15, 0.2) is 36.4 Å². The van der Waals surface area contributed by atoms with Gasteiger partial charge in [0.1, 0.15) is 5.01 Å². The first-order valence-electron chi connectivity index (χ1n) is 10.8. The number of imide groups is 1. The second-order valence-electron chi connectivity index (χ2n) is 8.52. The Morgan fingerprint density at radius 1 is 1.24 bits per heavy atom. The number of hydrogen-bond acceptors (Lipinski definition) is 8. The smallest absolute Gasteiger partial charge is 0.269 e. The third-order valence-corrected chi connectivity index (χ3v) is 7.66. The second kappa shape index (κ2) is 8.14. The van der Waals surface area contributed by atoms with Crippen molar-refractivity contribution in [2.24, 2.45) is 23.7 Å². The highest BCUT2D eigenvalue weighted by atomic mass is 32.1. The minimum Gasteiger partial charge on any atom is -0.300 e. The molecule has 5 atom stereocenters. The summed E-state index contributed by atoms with van der Waals surface area (Å²) >= 11 is 1.25. The Morgan fingerprint density at radius 2 is 1.94 bits per heavy atom. The van der Waals surface area contributed by atoms with Crippen LogP contribution in [0.2, 0.25) is 0 Å². The van der Waals surface area contributed by atoms with Crippen molar-refractivity contribution in [2.75, 3.05) is 5.32 Å². The number of nitro benzene ring substituents is 1. The molecule has 0 spiro atoms. The van der Waals surface area contributed by atoms with E-state index < -0.39 is 28.7 Å². The molecule has 1 aromatic carbocycles. The Hall–Kier alpha value is -3.47. The highest BCUT2D eigenvalue weighted by Gasteiger charge is 2.60. The maximum atomic E-state index is 13.4. The average Bonchev–Trinajstić information content (AvgIpc) is 3.57. The highest BCUT2D eigenvalue weighted by Crippen LogP contribution is 2.54. The van der Waals surface area contributed by atoms with Crippen LogP contribution in [0, 0.1) is 33.8 Å². The third-order valence-electron chi connectivity index (χ3n) is 6.68. The van der Waals surface area contributed by atoms with Crippen molar-refractivity contribution in [1.29, 1.82) is 0 Å². The van der Waals surface area contributed by atoms with Gasteiger partial charge >= 0.3 is 0 Å². The van der Waals surface area contributed by atoms with E-state index >= 15 is 0 Å². The number of aromatic nitrogens is 2. The Kier molecular flexibility index (Phi) is 5.28. The van der Waals surface area contributed by atoms with Crippen LogP contribution in [0.3, 0.4) is 0 Å². The van der Waals surface area contributed by atoms with Gasteiger partial charge < -0.3 is 5.32 Å². The number of benzene rings is 1. The SMILES string of the molecule is CCc1nnc(NC(=O)CC(c2cccc([N+](=O)[O-])c2)N2C(=O)C3C4C=CC(C4)C3C2=O)s1. The Bertz CT molecular complexity index is 1160. The standard InChI is InChI=1S/C22H21N5O5S/c1-2-17-24-25-22(33-17)23-16(28)10-15(11-4-3-5-14(9-11)27(31)32)26-20(29)18-12-6-7-13(8-12)19(18)21(26)30/h3-7,9,12-13,15,18-19H,2,8,10H2,1H3,(H,23,25,28). The lowest BCUT2D eigenvalue weighted by Gasteiger charge is -2.27. The molecule has 3 amide bonds. The molecular formula is C22H21N5O5S. The molecule has 33 heavy (non-hydrogen) atoms. The van der Waals surface area contributed by atoms with E-state index in [1.54, 1.807) is 6.07 Å². The number of non-ortho nitro benzene ring substituents is 1. The maximum absolute atomic E-state index is 13.4. The van der Waals surface area contributed by atoms with Gasteiger partial charge in [0, 0.05) is 12.1 Å². The van der Waals surface area contributed by atoms with E-state index in [2.05, 4.69) is 15.5 Å². The number of anilines is 1. The molecule has 170 valence electrons. The molecule has 5 unspecified atom stereocenters. The van der Waals surface area contributed by atoms with E-state index in [1.807, 2.05) is 19.1 Å². The molecule has 2 aromatic rings. The minimum absolute atomic E-state index is 0.0230. The molecule has 1 saturated heterocycles. The predicted octanol–water partition coefficient (Wildman–Crippen LogP) is 2.89. The number of fused-ring (bicyclic) bond motifs is 5. The zero-order valence-corrected chi connectivity index (χ0v) is 18.5. The third kappa shape index (κ3) is 3.62. The summed E-state index contributed by atoms with van der Waals surface area (Å²) in [6.45, 7) is 1.92. The normalized spacial score (nSPS) is 26.0. The van der Waals surface area contributed by atoms with Crippen molar-refractivity contribution in [3.05, 3.63) is 57.1 Å².